The van der Waals surface area contributed by atoms with Crippen molar-refractivity contribution >= 4 is 11.2 Å². The van der Waals surface area contributed by atoms with Gasteiger partial charge in [-0.2, -0.15) is 0 Å². The Labute approximate surface area is 122 Å². The third-order valence-electron chi connectivity index (χ3n) is 3.97. The number of aromatic nitrogens is 3. The van der Waals surface area contributed by atoms with Gasteiger partial charge in [-0.15, -0.1) is 0 Å². The summed E-state index contributed by atoms with van der Waals surface area (Å²) in [5.74, 6) is 2.54. The molecule has 1 aliphatic rings. The molecule has 1 atom stereocenters. The number of rotatable bonds is 4. The highest BCUT2D eigenvalue weighted by Gasteiger charge is 2.21. The van der Waals surface area contributed by atoms with E-state index in [2.05, 4.69) is 9.55 Å². The summed E-state index contributed by atoms with van der Waals surface area (Å²) < 4.78 is 13.1. The van der Waals surface area contributed by atoms with Crippen LogP contribution >= 0.6 is 0 Å². The maximum Gasteiger partial charge on any atom is 0.160 e. The fourth-order valence-electron chi connectivity index (χ4n) is 2.89. The monoisotopic (exact) mass is 283 g/mol. The zero-order valence-corrected chi connectivity index (χ0v) is 11.7. The van der Waals surface area contributed by atoms with Gasteiger partial charge in [-0.1, -0.05) is 0 Å². The molecule has 4 rings (SSSR count). The minimum atomic E-state index is 0.553. The summed E-state index contributed by atoms with van der Waals surface area (Å²) in [7, 11) is 0. The van der Waals surface area contributed by atoms with Gasteiger partial charge in [-0.3, -0.25) is 0 Å². The van der Waals surface area contributed by atoms with Gasteiger partial charge in [0, 0.05) is 25.8 Å². The molecule has 0 aliphatic carbocycles. The molecule has 0 saturated carbocycles. The molecule has 1 saturated heterocycles. The van der Waals surface area contributed by atoms with Crippen molar-refractivity contribution in [1.82, 2.24) is 14.5 Å². The van der Waals surface area contributed by atoms with Crippen molar-refractivity contribution in [2.45, 2.75) is 19.4 Å². The zero-order valence-electron chi connectivity index (χ0n) is 11.7. The lowest BCUT2D eigenvalue weighted by Crippen LogP contribution is -2.11. The molecule has 5 nitrogen and oxygen atoms in total. The van der Waals surface area contributed by atoms with Crippen LogP contribution in [0.1, 0.15) is 18.0 Å². The van der Waals surface area contributed by atoms with Gasteiger partial charge in [-0.05, 0) is 36.6 Å². The molecule has 1 fully saturated rings. The van der Waals surface area contributed by atoms with E-state index >= 15 is 0 Å². The van der Waals surface area contributed by atoms with Crippen LogP contribution in [0.3, 0.4) is 0 Å². The Bertz CT molecular complexity index is 727. The number of furan rings is 1. The summed E-state index contributed by atoms with van der Waals surface area (Å²) in [6, 6.07) is 7.83. The summed E-state index contributed by atoms with van der Waals surface area (Å²) >= 11 is 0. The molecule has 1 aliphatic heterocycles. The van der Waals surface area contributed by atoms with E-state index in [9.17, 15) is 0 Å². The largest absolute Gasteiger partial charge is 0.467 e. The molecule has 5 heteroatoms. The Hall–Kier alpha value is -2.14. The van der Waals surface area contributed by atoms with Crippen molar-refractivity contribution in [3.63, 3.8) is 0 Å². The molecule has 0 spiro atoms. The minimum absolute atomic E-state index is 0.553. The maximum atomic E-state index is 5.48. The summed E-state index contributed by atoms with van der Waals surface area (Å²) in [6.07, 6.45) is 5.55. The molecular formula is C16H17N3O2. The number of imidazole rings is 1. The second kappa shape index (κ2) is 5.33. The molecule has 21 heavy (non-hydrogen) atoms. The Morgan fingerprint density at radius 3 is 3.10 bits per heavy atom. The van der Waals surface area contributed by atoms with Gasteiger partial charge in [0.1, 0.15) is 17.1 Å². The lowest BCUT2D eigenvalue weighted by Gasteiger charge is -2.10. The molecular weight excluding hydrogens is 266 g/mol. The number of fused-ring (bicyclic) bond motifs is 1. The Balaban J connectivity index is 1.73. The zero-order chi connectivity index (χ0) is 14.1. The fraction of sp³-hybridized carbons (Fsp3) is 0.375. The topological polar surface area (TPSA) is 53.1 Å². The molecule has 1 unspecified atom stereocenters. The second-order valence-electron chi connectivity index (χ2n) is 5.47. The summed E-state index contributed by atoms with van der Waals surface area (Å²) in [6.45, 7) is 2.36. The maximum absolute atomic E-state index is 5.48. The smallest absolute Gasteiger partial charge is 0.160 e. The van der Waals surface area contributed by atoms with Crippen LogP contribution in [-0.4, -0.2) is 27.7 Å². The van der Waals surface area contributed by atoms with Crippen LogP contribution in [0.5, 0.6) is 0 Å². The summed E-state index contributed by atoms with van der Waals surface area (Å²) in [5.41, 5.74) is 1.86. The normalized spacial score (nSPS) is 18.6. The average molecular weight is 283 g/mol. The van der Waals surface area contributed by atoms with E-state index in [1.165, 1.54) is 0 Å². The van der Waals surface area contributed by atoms with E-state index in [0.29, 0.717) is 12.5 Å². The molecule has 0 amide bonds. The number of hydrogen-bond acceptors (Lipinski definition) is 4. The highest BCUT2D eigenvalue weighted by molar-refractivity contribution is 5.71. The molecule has 3 aromatic heterocycles. The Morgan fingerprint density at radius 2 is 2.29 bits per heavy atom. The average Bonchev–Trinajstić information content (AvgIpc) is 3.23. The van der Waals surface area contributed by atoms with E-state index in [4.69, 9.17) is 14.1 Å². The number of hydrogen-bond donors (Lipinski definition) is 0. The van der Waals surface area contributed by atoms with Gasteiger partial charge in [0.15, 0.2) is 5.65 Å². The van der Waals surface area contributed by atoms with Gasteiger partial charge >= 0.3 is 0 Å². The number of nitrogens with zero attached hydrogens (tertiary/aromatic N) is 3. The Kier molecular flexibility index (Phi) is 3.20. The van der Waals surface area contributed by atoms with E-state index < -0.39 is 0 Å². The first-order chi connectivity index (χ1) is 10.4. The van der Waals surface area contributed by atoms with Gasteiger partial charge in [0.25, 0.3) is 0 Å². The third-order valence-corrected chi connectivity index (χ3v) is 3.97. The van der Waals surface area contributed by atoms with E-state index in [-0.39, 0.29) is 0 Å². The van der Waals surface area contributed by atoms with Crippen LogP contribution in [-0.2, 0) is 17.7 Å². The second-order valence-corrected chi connectivity index (χ2v) is 5.47. The SMILES string of the molecule is c1coc(Cn2c(CC3CCOC3)nc3cccnc32)c1. The standard InChI is InChI=1S/C16H17N3O2/c1-4-14-16(17-6-1)19(10-13-3-2-7-21-13)15(18-14)9-12-5-8-20-11-12/h1-4,6-7,12H,5,8-11H2. The molecule has 0 bridgehead atoms. The first-order valence-corrected chi connectivity index (χ1v) is 7.30. The van der Waals surface area contributed by atoms with Crippen molar-refractivity contribution in [3.8, 4) is 0 Å². The van der Waals surface area contributed by atoms with Crippen molar-refractivity contribution in [2.75, 3.05) is 13.2 Å². The molecule has 4 heterocycles. The fourth-order valence-corrected chi connectivity index (χ4v) is 2.89. The summed E-state index contributed by atoms with van der Waals surface area (Å²) in [4.78, 5) is 9.24. The van der Waals surface area contributed by atoms with Crippen molar-refractivity contribution in [2.24, 2.45) is 5.92 Å². The van der Waals surface area contributed by atoms with Crippen LogP contribution in [0.2, 0.25) is 0 Å². The van der Waals surface area contributed by atoms with Crippen molar-refractivity contribution in [3.05, 3.63) is 48.3 Å². The summed E-state index contributed by atoms with van der Waals surface area (Å²) in [5, 5.41) is 0. The Morgan fingerprint density at radius 1 is 1.29 bits per heavy atom. The lowest BCUT2D eigenvalue weighted by atomic mass is 10.0. The first kappa shape index (κ1) is 12.6. The van der Waals surface area contributed by atoms with Crippen LogP contribution in [0, 0.1) is 5.92 Å². The van der Waals surface area contributed by atoms with Gasteiger partial charge in [0.05, 0.1) is 12.8 Å². The van der Waals surface area contributed by atoms with Crippen LogP contribution in [0.15, 0.2) is 41.1 Å². The lowest BCUT2D eigenvalue weighted by molar-refractivity contribution is 0.185. The van der Waals surface area contributed by atoms with Crippen molar-refractivity contribution < 1.29 is 9.15 Å². The van der Waals surface area contributed by atoms with Gasteiger partial charge in [0.2, 0.25) is 0 Å². The van der Waals surface area contributed by atoms with E-state index in [1.54, 1.807) is 6.26 Å². The number of ether oxygens (including phenoxy) is 1. The minimum Gasteiger partial charge on any atom is -0.467 e. The number of pyridine rings is 1. The van der Waals surface area contributed by atoms with Crippen molar-refractivity contribution in [1.29, 1.82) is 0 Å². The van der Waals surface area contributed by atoms with Gasteiger partial charge in [-0.25, -0.2) is 9.97 Å². The van der Waals surface area contributed by atoms with E-state index in [1.807, 2.05) is 30.5 Å². The van der Waals surface area contributed by atoms with Crippen LogP contribution < -0.4 is 0 Å². The van der Waals surface area contributed by atoms with Crippen LogP contribution in [0.4, 0.5) is 0 Å². The van der Waals surface area contributed by atoms with E-state index in [0.717, 1.165) is 48.8 Å². The first-order valence-electron chi connectivity index (χ1n) is 7.30. The molecule has 0 radical (unpaired) electrons. The quantitative estimate of drug-likeness (QED) is 0.738. The molecule has 0 aromatic carbocycles. The molecule has 108 valence electrons. The highest BCUT2D eigenvalue weighted by atomic mass is 16.5. The third kappa shape index (κ3) is 2.45. The predicted molar refractivity (Wildman–Crippen MR) is 78.0 cm³/mol. The predicted octanol–water partition coefficient (Wildman–Crippen LogP) is 2.65. The van der Waals surface area contributed by atoms with Gasteiger partial charge < -0.3 is 13.7 Å². The molecule has 3 aromatic rings. The molecule has 0 N–H and O–H groups in total. The van der Waals surface area contributed by atoms with Crippen LogP contribution in [0.25, 0.3) is 11.2 Å². The highest BCUT2D eigenvalue weighted by Crippen LogP contribution is 2.22.